The predicted octanol–water partition coefficient (Wildman–Crippen LogP) is 4.69. The third-order valence-electron chi connectivity index (χ3n) is 6.16. The van der Waals surface area contributed by atoms with Crippen LogP contribution < -0.4 is 16.4 Å². The van der Waals surface area contributed by atoms with Gasteiger partial charge in [0.05, 0.1) is 23.5 Å². The van der Waals surface area contributed by atoms with E-state index >= 15 is 4.39 Å². The largest absolute Gasteiger partial charge is 0.382 e. The van der Waals surface area contributed by atoms with Gasteiger partial charge in [-0.2, -0.15) is 0 Å². The van der Waals surface area contributed by atoms with Gasteiger partial charge in [-0.25, -0.2) is 23.1 Å². The van der Waals surface area contributed by atoms with Gasteiger partial charge < -0.3 is 21.1 Å². The molecule has 1 aromatic heterocycles. The number of alkyl halides is 1. The Hall–Kier alpha value is -3.02. The van der Waals surface area contributed by atoms with Gasteiger partial charge in [0.1, 0.15) is 29.8 Å². The quantitative estimate of drug-likeness (QED) is 0.319. The zero-order valence-electron chi connectivity index (χ0n) is 19.9. The smallest absolute Gasteiger partial charge is 0.254 e. The zero-order valence-corrected chi connectivity index (χ0v) is 21.5. The molecule has 0 aliphatic carbocycles. The summed E-state index contributed by atoms with van der Waals surface area (Å²) in [6.07, 6.45) is 3.26. The molecule has 1 fully saturated rings. The van der Waals surface area contributed by atoms with Crippen LogP contribution in [0.5, 0.6) is 0 Å². The molecule has 1 aliphatic rings. The van der Waals surface area contributed by atoms with Gasteiger partial charge in [0.15, 0.2) is 0 Å². The molecule has 1 unspecified atom stereocenters. The van der Waals surface area contributed by atoms with E-state index in [0.29, 0.717) is 34.5 Å². The summed E-state index contributed by atoms with van der Waals surface area (Å²) >= 11 is 3.23. The summed E-state index contributed by atoms with van der Waals surface area (Å²) in [5.41, 5.74) is 7.77. The SMILES string of the molecule is Nc1ncc(C2CCOCC2)nc1-c1ccc(C(=O)NC(CNCCF)c2cc(F)cc(Br)c2)c(F)c1. The topological polar surface area (TPSA) is 102 Å². The Labute approximate surface area is 221 Å². The van der Waals surface area contributed by atoms with Gasteiger partial charge in [-0.05, 0) is 48.7 Å². The first-order chi connectivity index (χ1) is 17.9. The molecule has 196 valence electrons. The Morgan fingerprint density at radius 3 is 2.68 bits per heavy atom. The van der Waals surface area contributed by atoms with Crippen molar-refractivity contribution in [2.24, 2.45) is 0 Å². The number of halogens is 4. The van der Waals surface area contributed by atoms with Crippen LogP contribution in [0.15, 0.2) is 47.1 Å². The fourth-order valence-corrected chi connectivity index (χ4v) is 4.72. The van der Waals surface area contributed by atoms with E-state index in [1.807, 2.05) is 0 Å². The van der Waals surface area contributed by atoms with Crippen molar-refractivity contribution < 1.29 is 22.7 Å². The van der Waals surface area contributed by atoms with Crippen LogP contribution in [0.2, 0.25) is 0 Å². The number of hydrogen-bond acceptors (Lipinski definition) is 6. The van der Waals surface area contributed by atoms with Crippen molar-refractivity contribution in [2.75, 3.05) is 38.7 Å². The van der Waals surface area contributed by atoms with Crippen molar-refractivity contribution in [3.8, 4) is 11.3 Å². The lowest BCUT2D eigenvalue weighted by Crippen LogP contribution is -2.36. The summed E-state index contributed by atoms with van der Waals surface area (Å²) in [5.74, 6) is -1.65. The molecule has 2 heterocycles. The molecular formula is C26H27BrF3N5O2. The zero-order chi connectivity index (χ0) is 26.4. The number of rotatable bonds is 9. The highest BCUT2D eigenvalue weighted by atomic mass is 79.9. The van der Waals surface area contributed by atoms with E-state index in [4.69, 9.17) is 10.5 Å². The Kier molecular flexibility index (Phi) is 9.12. The normalized spacial score (nSPS) is 14.9. The molecular weight excluding hydrogens is 551 g/mol. The summed E-state index contributed by atoms with van der Waals surface area (Å²) in [6, 6.07) is 7.54. The van der Waals surface area contributed by atoms with E-state index in [-0.39, 0.29) is 30.4 Å². The number of nitrogens with one attached hydrogen (secondary N) is 2. The van der Waals surface area contributed by atoms with E-state index in [0.717, 1.165) is 18.5 Å². The van der Waals surface area contributed by atoms with Crippen LogP contribution >= 0.6 is 15.9 Å². The van der Waals surface area contributed by atoms with Crippen LogP contribution in [0.25, 0.3) is 11.3 Å². The van der Waals surface area contributed by atoms with Crippen molar-refractivity contribution in [3.05, 3.63) is 75.5 Å². The van der Waals surface area contributed by atoms with Crippen molar-refractivity contribution in [1.82, 2.24) is 20.6 Å². The molecule has 0 spiro atoms. The number of nitrogen functional groups attached to an aromatic ring is 1. The van der Waals surface area contributed by atoms with Crippen LogP contribution in [-0.2, 0) is 4.74 Å². The Morgan fingerprint density at radius 1 is 1.19 bits per heavy atom. The first kappa shape index (κ1) is 27.0. The third-order valence-corrected chi connectivity index (χ3v) is 6.62. The van der Waals surface area contributed by atoms with Gasteiger partial charge >= 0.3 is 0 Å². The monoisotopic (exact) mass is 577 g/mol. The predicted molar refractivity (Wildman–Crippen MR) is 138 cm³/mol. The Bertz CT molecular complexity index is 1240. The molecule has 4 rings (SSSR count). The molecule has 3 aromatic rings. The van der Waals surface area contributed by atoms with E-state index in [1.165, 1.54) is 24.3 Å². The second-order valence-corrected chi connectivity index (χ2v) is 9.65. The van der Waals surface area contributed by atoms with Crippen molar-refractivity contribution in [1.29, 1.82) is 0 Å². The van der Waals surface area contributed by atoms with Crippen LogP contribution in [-0.4, -0.2) is 48.9 Å². The molecule has 37 heavy (non-hydrogen) atoms. The molecule has 1 saturated heterocycles. The number of nitrogens with two attached hydrogens (primary N) is 1. The van der Waals surface area contributed by atoms with Crippen LogP contribution in [0.3, 0.4) is 0 Å². The lowest BCUT2D eigenvalue weighted by Gasteiger charge is -2.22. The molecule has 11 heteroatoms. The second kappa shape index (κ2) is 12.5. The molecule has 1 aliphatic heterocycles. The van der Waals surface area contributed by atoms with E-state index in [1.54, 1.807) is 18.3 Å². The van der Waals surface area contributed by atoms with Gasteiger partial charge in [-0.15, -0.1) is 0 Å². The summed E-state index contributed by atoms with van der Waals surface area (Å²) in [7, 11) is 0. The number of benzene rings is 2. The first-order valence-electron chi connectivity index (χ1n) is 11.9. The minimum atomic E-state index is -0.774. The second-order valence-electron chi connectivity index (χ2n) is 8.73. The molecule has 0 bridgehead atoms. The highest BCUT2D eigenvalue weighted by molar-refractivity contribution is 9.10. The van der Waals surface area contributed by atoms with Gasteiger partial charge in [-0.3, -0.25) is 4.79 Å². The number of nitrogens with zero attached hydrogens (tertiary/aromatic N) is 2. The van der Waals surface area contributed by atoms with Crippen molar-refractivity contribution >= 4 is 27.7 Å². The minimum absolute atomic E-state index is 0.0569. The maximum absolute atomic E-state index is 15.2. The maximum atomic E-state index is 15.2. The number of carbonyl (C=O) groups excluding carboxylic acids is 1. The minimum Gasteiger partial charge on any atom is -0.382 e. The van der Waals surface area contributed by atoms with Crippen LogP contribution in [0.4, 0.5) is 19.0 Å². The summed E-state index contributed by atoms with van der Waals surface area (Å²) in [4.78, 5) is 21.9. The number of amides is 1. The molecule has 0 saturated carbocycles. The lowest BCUT2D eigenvalue weighted by atomic mass is 9.96. The summed E-state index contributed by atoms with van der Waals surface area (Å²) in [5, 5.41) is 5.57. The van der Waals surface area contributed by atoms with Gasteiger partial charge in [0.25, 0.3) is 5.91 Å². The average molecular weight is 578 g/mol. The molecule has 1 atom stereocenters. The third kappa shape index (κ3) is 6.85. The summed E-state index contributed by atoms with van der Waals surface area (Å²) < 4.78 is 47.6. The first-order valence-corrected chi connectivity index (χ1v) is 12.7. The molecule has 0 radical (unpaired) electrons. The number of ether oxygens (including phenoxy) is 1. The van der Waals surface area contributed by atoms with Gasteiger partial charge in [-0.1, -0.05) is 22.0 Å². The van der Waals surface area contributed by atoms with Crippen molar-refractivity contribution in [3.63, 3.8) is 0 Å². The van der Waals surface area contributed by atoms with E-state index in [9.17, 15) is 13.6 Å². The van der Waals surface area contributed by atoms with E-state index < -0.39 is 30.3 Å². The number of carbonyl (C=O) groups is 1. The molecule has 7 nitrogen and oxygen atoms in total. The molecule has 2 aromatic carbocycles. The fourth-order valence-electron chi connectivity index (χ4n) is 4.24. The fraction of sp³-hybridized carbons (Fsp3) is 0.346. The summed E-state index contributed by atoms with van der Waals surface area (Å²) in [6.45, 7) is 0.853. The Morgan fingerprint density at radius 2 is 1.97 bits per heavy atom. The molecule has 1 amide bonds. The average Bonchev–Trinajstić information content (AvgIpc) is 2.88. The van der Waals surface area contributed by atoms with Gasteiger partial charge in [0, 0.05) is 42.3 Å². The highest BCUT2D eigenvalue weighted by Gasteiger charge is 2.22. The lowest BCUT2D eigenvalue weighted by molar-refractivity contribution is 0.0844. The number of aromatic nitrogens is 2. The van der Waals surface area contributed by atoms with Crippen molar-refractivity contribution in [2.45, 2.75) is 24.8 Å². The van der Waals surface area contributed by atoms with Gasteiger partial charge in [0.2, 0.25) is 0 Å². The van der Waals surface area contributed by atoms with E-state index in [2.05, 4.69) is 36.5 Å². The number of anilines is 1. The molecule has 4 N–H and O–H groups in total. The maximum Gasteiger partial charge on any atom is 0.254 e. The highest BCUT2D eigenvalue weighted by Crippen LogP contribution is 2.30. The van der Waals surface area contributed by atoms with Crippen LogP contribution in [0.1, 0.15) is 46.4 Å². The standard InChI is InChI=1S/C26H27BrF3N5O2/c27-18-9-17(10-19(29)12-18)22(13-32-6-5-28)35-26(36)20-2-1-16(11-21(20)30)24-25(31)33-14-23(34-24)15-3-7-37-8-4-15/h1-2,9-12,14-15,22,32H,3-8,13H2,(H2,31,33)(H,35,36). The number of hydrogen-bond donors (Lipinski definition) is 3. The van der Waals surface area contributed by atoms with Crippen LogP contribution in [0, 0.1) is 11.6 Å². The Balaban J connectivity index is 1.56.